The minimum absolute atomic E-state index is 0.0248. The van der Waals surface area contributed by atoms with Crippen LogP contribution in [0.2, 0.25) is 0 Å². The van der Waals surface area contributed by atoms with Gasteiger partial charge in [0.25, 0.3) is 0 Å². The molecule has 1 saturated heterocycles. The van der Waals surface area contributed by atoms with Gasteiger partial charge in [-0.1, -0.05) is 18.2 Å². The molecule has 2 rings (SSSR count). The van der Waals surface area contributed by atoms with Crippen LogP contribution in [0.25, 0.3) is 0 Å². The smallest absolute Gasteiger partial charge is 0.229 e. The Morgan fingerprint density at radius 2 is 2.10 bits per heavy atom. The zero-order chi connectivity index (χ0) is 14.5. The molecule has 6 nitrogen and oxygen atoms in total. The lowest BCUT2D eigenvalue weighted by Gasteiger charge is -2.22. The Morgan fingerprint density at radius 3 is 2.75 bits per heavy atom. The van der Waals surface area contributed by atoms with Gasteiger partial charge in [0.15, 0.2) is 0 Å². The van der Waals surface area contributed by atoms with Crippen molar-refractivity contribution in [2.45, 2.75) is 19.3 Å². The minimum Gasteiger partial charge on any atom is -0.369 e. The first-order valence-corrected chi connectivity index (χ1v) is 6.50. The molecule has 6 heteroatoms. The van der Waals surface area contributed by atoms with Crippen molar-refractivity contribution in [3.05, 3.63) is 29.8 Å². The van der Waals surface area contributed by atoms with Crippen LogP contribution in [0.5, 0.6) is 0 Å². The highest BCUT2D eigenvalue weighted by Crippen LogP contribution is 2.18. The first kappa shape index (κ1) is 14.0. The first-order valence-electron chi connectivity index (χ1n) is 6.50. The minimum atomic E-state index is -0.448. The second-order valence-corrected chi connectivity index (χ2v) is 4.83. The van der Waals surface area contributed by atoms with Crippen LogP contribution in [0, 0.1) is 5.92 Å². The van der Waals surface area contributed by atoms with E-state index in [4.69, 9.17) is 5.73 Å². The van der Waals surface area contributed by atoms with Gasteiger partial charge < -0.3 is 16.4 Å². The number of rotatable bonds is 4. The van der Waals surface area contributed by atoms with Crippen molar-refractivity contribution in [1.82, 2.24) is 5.32 Å². The molecule has 20 heavy (non-hydrogen) atoms. The number of carbonyl (C=O) groups excluding carboxylic acids is 3. The number of nitrogens with two attached hydrogens (primary N) is 1. The van der Waals surface area contributed by atoms with Gasteiger partial charge in [-0.15, -0.1) is 0 Å². The standard InChI is InChI=1S/C14H17N3O3/c15-12(18)7-9-3-1-2-4-11(9)17-14(20)10-5-6-13(19)16-8-10/h1-4,10H,5-8H2,(H2,15,18)(H,16,19)(H,17,20). The number of primary amides is 1. The van der Waals surface area contributed by atoms with Crippen LogP contribution in [-0.2, 0) is 20.8 Å². The van der Waals surface area contributed by atoms with Crippen molar-refractivity contribution in [3.63, 3.8) is 0 Å². The number of nitrogens with one attached hydrogen (secondary N) is 2. The zero-order valence-corrected chi connectivity index (χ0v) is 11.0. The third-order valence-electron chi connectivity index (χ3n) is 3.28. The largest absolute Gasteiger partial charge is 0.369 e. The molecule has 1 unspecified atom stereocenters. The van der Waals surface area contributed by atoms with E-state index in [1.54, 1.807) is 24.3 Å². The number of anilines is 1. The van der Waals surface area contributed by atoms with E-state index in [0.29, 0.717) is 30.6 Å². The Morgan fingerprint density at radius 1 is 1.35 bits per heavy atom. The fourth-order valence-electron chi connectivity index (χ4n) is 2.18. The van der Waals surface area contributed by atoms with E-state index >= 15 is 0 Å². The van der Waals surface area contributed by atoms with E-state index in [9.17, 15) is 14.4 Å². The Bertz CT molecular complexity index is 532. The summed E-state index contributed by atoms with van der Waals surface area (Å²) in [4.78, 5) is 34.2. The predicted molar refractivity (Wildman–Crippen MR) is 73.7 cm³/mol. The summed E-state index contributed by atoms with van der Waals surface area (Å²) in [6, 6.07) is 7.05. The van der Waals surface area contributed by atoms with Gasteiger partial charge in [0.05, 0.1) is 12.3 Å². The lowest BCUT2D eigenvalue weighted by molar-refractivity contribution is -0.126. The summed E-state index contributed by atoms with van der Waals surface area (Å²) in [5.41, 5.74) is 6.46. The molecular formula is C14H17N3O3. The number of hydrogen-bond acceptors (Lipinski definition) is 3. The summed E-state index contributed by atoms with van der Waals surface area (Å²) in [5, 5.41) is 5.47. The lowest BCUT2D eigenvalue weighted by atomic mass is 9.98. The van der Waals surface area contributed by atoms with Crippen LogP contribution in [0.15, 0.2) is 24.3 Å². The molecule has 1 aliphatic rings. The van der Waals surface area contributed by atoms with E-state index < -0.39 is 5.91 Å². The topological polar surface area (TPSA) is 101 Å². The van der Waals surface area contributed by atoms with Crippen molar-refractivity contribution < 1.29 is 14.4 Å². The maximum atomic E-state index is 12.1. The summed E-state index contributed by atoms with van der Waals surface area (Å²) in [5.74, 6) is -0.865. The zero-order valence-electron chi connectivity index (χ0n) is 11.0. The molecule has 0 spiro atoms. The molecule has 1 atom stereocenters. The highest BCUT2D eigenvalue weighted by atomic mass is 16.2. The summed E-state index contributed by atoms with van der Waals surface area (Å²) in [6.45, 7) is 0.350. The van der Waals surface area contributed by atoms with E-state index in [2.05, 4.69) is 10.6 Å². The number of amides is 3. The number of carbonyl (C=O) groups is 3. The number of hydrogen-bond donors (Lipinski definition) is 3. The fourth-order valence-corrected chi connectivity index (χ4v) is 2.18. The van der Waals surface area contributed by atoms with Crippen LogP contribution < -0.4 is 16.4 Å². The normalized spacial score (nSPS) is 18.2. The summed E-state index contributed by atoms with van der Waals surface area (Å²) < 4.78 is 0. The number of benzene rings is 1. The highest BCUT2D eigenvalue weighted by molar-refractivity contribution is 5.95. The quantitative estimate of drug-likeness (QED) is 0.730. The molecule has 1 aromatic rings. The highest BCUT2D eigenvalue weighted by Gasteiger charge is 2.24. The molecule has 4 N–H and O–H groups in total. The average Bonchev–Trinajstić information content (AvgIpc) is 2.41. The molecule has 1 aromatic carbocycles. The Balaban J connectivity index is 2.04. The SMILES string of the molecule is NC(=O)Cc1ccccc1NC(=O)C1CCC(=O)NC1. The lowest BCUT2D eigenvalue weighted by Crippen LogP contribution is -2.40. The molecule has 0 radical (unpaired) electrons. The molecule has 106 valence electrons. The van der Waals surface area contributed by atoms with Crippen molar-refractivity contribution in [2.24, 2.45) is 11.7 Å². The molecule has 0 saturated carbocycles. The Hall–Kier alpha value is -2.37. The fraction of sp³-hybridized carbons (Fsp3) is 0.357. The second-order valence-electron chi connectivity index (χ2n) is 4.83. The van der Waals surface area contributed by atoms with E-state index in [1.165, 1.54) is 0 Å². The molecule has 0 bridgehead atoms. The van der Waals surface area contributed by atoms with Gasteiger partial charge in [0.2, 0.25) is 17.7 Å². The molecule has 1 heterocycles. The van der Waals surface area contributed by atoms with Crippen LogP contribution in [0.4, 0.5) is 5.69 Å². The van der Waals surface area contributed by atoms with Gasteiger partial charge in [-0.3, -0.25) is 14.4 Å². The predicted octanol–water partition coefficient (Wildman–Crippen LogP) is 0.179. The van der Waals surface area contributed by atoms with E-state index in [0.717, 1.165) is 0 Å². The van der Waals surface area contributed by atoms with Gasteiger partial charge >= 0.3 is 0 Å². The van der Waals surface area contributed by atoms with Gasteiger partial charge in [0, 0.05) is 18.7 Å². The monoisotopic (exact) mass is 275 g/mol. The maximum absolute atomic E-state index is 12.1. The van der Waals surface area contributed by atoms with E-state index in [-0.39, 0.29) is 24.2 Å². The molecule has 3 amide bonds. The molecule has 1 fully saturated rings. The second kappa shape index (κ2) is 6.18. The van der Waals surface area contributed by atoms with Gasteiger partial charge in [-0.05, 0) is 18.1 Å². The van der Waals surface area contributed by atoms with Crippen LogP contribution in [0.3, 0.4) is 0 Å². The third-order valence-corrected chi connectivity index (χ3v) is 3.28. The summed E-state index contributed by atoms with van der Waals surface area (Å²) >= 11 is 0. The van der Waals surface area contributed by atoms with E-state index in [1.807, 2.05) is 0 Å². The average molecular weight is 275 g/mol. The first-order chi connectivity index (χ1) is 9.56. The van der Waals surface area contributed by atoms with Crippen LogP contribution in [0.1, 0.15) is 18.4 Å². The Kier molecular flexibility index (Phi) is 4.34. The molecular weight excluding hydrogens is 258 g/mol. The summed E-state index contributed by atoms with van der Waals surface area (Å²) in [6.07, 6.45) is 0.981. The van der Waals surface area contributed by atoms with Gasteiger partial charge in [-0.2, -0.15) is 0 Å². The van der Waals surface area contributed by atoms with Crippen molar-refractivity contribution >= 4 is 23.4 Å². The van der Waals surface area contributed by atoms with Crippen molar-refractivity contribution in [2.75, 3.05) is 11.9 Å². The number of piperidine rings is 1. The molecule has 0 aromatic heterocycles. The van der Waals surface area contributed by atoms with Gasteiger partial charge in [-0.25, -0.2) is 0 Å². The van der Waals surface area contributed by atoms with Crippen molar-refractivity contribution in [3.8, 4) is 0 Å². The van der Waals surface area contributed by atoms with Gasteiger partial charge in [0.1, 0.15) is 0 Å². The Labute approximate surface area is 116 Å². The van der Waals surface area contributed by atoms with Crippen molar-refractivity contribution in [1.29, 1.82) is 0 Å². The molecule has 1 aliphatic heterocycles. The van der Waals surface area contributed by atoms with Crippen LogP contribution >= 0.6 is 0 Å². The number of para-hydroxylation sites is 1. The van der Waals surface area contributed by atoms with Crippen LogP contribution in [-0.4, -0.2) is 24.3 Å². The third kappa shape index (κ3) is 3.57. The molecule has 0 aliphatic carbocycles. The summed E-state index contributed by atoms with van der Waals surface area (Å²) in [7, 11) is 0. The maximum Gasteiger partial charge on any atom is 0.229 e.